The smallest absolute Gasteiger partial charge is 0.306 e. The van der Waals surface area contributed by atoms with Gasteiger partial charge >= 0.3 is 11.9 Å². The summed E-state index contributed by atoms with van der Waals surface area (Å²) in [6, 6.07) is 0. The number of aliphatic carboxylic acids is 1. The van der Waals surface area contributed by atoms with Crippen LogP contribution in [0.5, 0.6) is 0 Å². The Kier molecular flexibility index (Phi) is 37.6. The normalized spacial score (nSPS) is 12.4. The molecule has 0 aliphatic carbocycles. The lowest BCUT2D eigenvalue weighted by Gasteiger charge is -2.18. The van der Waals surface area contributed by atoms with Crippen LogP contribution in [0.3, 0.4) is 0 Å². The third-order valence-electron chi connectivity index (χ3n) is 9.43. The molecule has 4 nitrogen and oxygen atoms in total. The van der Waals surface area contributed by atoms with E-state index in [9.17, 15) is 9.59 Å². The van der Waals surface area contributed by atoms with Gasteiger partial charge in [-0.15, -0.1) is 0 Å². The van der Waals surface area contributed by atoms with Crippen LogP contribution in [0, 0.1) is 0 Å². The van der Waals surface area contributed by atoms with Crippen molar-refractivity contribution >= 4 is 11.9 Å². The molecule has 1 atom stereocenters. The van der Waals surface area contributed by atoms with Gasteiger partial charge in [0.25, 0.3) is 0 Å². The number of carboxylic acid groups (broad SMARTS) is 1. The van der Waals surface area contributed by atoms with Crippen LogP contribution in [-0.2, 0) is 14.3 Å². The van der Waals surface area contributed by atoms with Gasteiger partial charge in [0, 0.05) is 12.8 Å². The summed E-state index contributed by atoms with van der Waals surface area (Å²) in [4.78, 5) is 23.4. The van der Waals surface area contributed by atoms with Gasteiger partial charge in [-0.1, -0.05) is 179 Å². The summed E-state index contributed by atoms with van der Waals surface area (Å²) >= 11 is 0. The molecule has 47 heavy (non-hydrogen) atoms. The minimum Gasteiger partial charge on any atom is -0.481 e. The topological polar surface area (TPSA) is 63.6 Å². The van der Waals surface area contributed by atoms with Gasteiger partial charge in [-0.2, -0.15) is 0 Å². The van der Waals surface area contributed by atoms with Gasteiger partial charge in [-0.3, -0.25) is 9.59 Å². The van der Waals surface area contributed by atoms with Gasteiger partial charge in [-0.05, 0) is 64.2 Å². The maximum Gasteiger partial charge on any atom is 0.306 e. The van der Waals surface area contributed by atoms with Gasteiger partial charge in [0.2, 0.25) is 0 Å². The number of esters is 1. The number of rotatable bonds is 38. The van der Waals surface area contributed by atoms with Crippen molar-refractivity contribution in [3.05, 3.63) is 24.3 Å². The van der Waals surface area contributed by atoms with Crippen LogP contribution >= 0.6 is 0 Å². The minimum absolute atomic E-state index is 0.0169. The number of unbranched alkanes of at least 4 members (excludes halogenated alkanes) is 25. The largest absolute Gasteiger partial charge is 0.481 e. The van der Waals surface area contributed by atoms with Crippen molar-refractivity contribution in [2.45, 2.75) is 238 Å². The molecule has 0 heterocycles. The lowest BCUT2D eigenvalue weighted by Crippen LogP contribution is -2.18. The number of hydrogen-bond acceptors (Lipinski definition) is 3. The van der Waals surface area contributed by atoms with E-state index in [0.717, 1.165) is 77.0 Å². The van der Waals surface area contributed by atoms with Gasteiger partial charge in [0.05, 0.1) is 0 Å². The predicted octanol–water partition coefficient (Wildman–Crippen LogP) is 14.4. The Bertz CT molecular complexity index is 713. The van der Waals surface area contributed by atoms with E-state index in [-0.39, 0.29) is 18.5 Å². The fourth-order valence-corrected chi connectivity index (χ4v) is 6.34. The highest BCUT2D eigenvalue weighted by Gasteiger charge is 2.14. The molecule has 0 aromatic rings. The van der Waals surface area contributed by atoms with Crippen molar-refractivity contribution < 1.29 is 19.4 Å². The summed E-state index contributed by atoms with van der Waals surface area (Å²) in [5, 5.41) is 8.82. The molecule has 0 fully saturated rings. The summed E-state index contributed by atoms with van der Waals surface area (Å²) in [7, 11) is 0. The minimum atomic E-state index is -0.705. The van der Waals surface area contributed by atoms with E-state index >= 15 is 0 Å². The van der Waals surface area contributed by atoms with Gasteiger partial charge in [0.15, 0.2) is 0 Å². The first-order valence-corrected chi connectivity index (χ1v) is 20.8. The number of carboxylic acids is 1. The third-order valence-corrected chi connectivity index (χ3v) is 9.43. The molecule has 276 valence electrons. The number of carbonyl (C=O) groups is 2. The average Bonchev–Trinajstić information content (AvgIpc) is 3.05. The molecule has 4 heteroatoms. The molecule has 0 radical (unpaired) electrons. The van der Waals surface area contributed by atoms with Crippen LogP contribution in [0.1, 0.15) is 232 Å². The zero-order valence-electron chi connectivity index (χ0n) is 31.6. The molecule has 0 saturated carbocycles. The van der Waals surface area contributed by atoms with E-state index in [1.807, 2.05) is 0 Å². The van der Waals surface area contributed by atoms with Crippen LogP contribution in [0.4, 0.5) is 0 Å². The van der Waals surface area contributed by atoms with Crippen LogP contribution in [0.25, 0.3) is 0 Å². The average molecular weight is 661 g/mol. The highest BCUT2D eigenvalue weighted by atomic mass is 16.5. The molecule has 0 saturated heterocycles. The summed E-state index contributed by atoms with van der Waals surface area (Å²) in [5.74, 6) is -0.722. The van der Waals surface area contributed by atoms with E-state index in [4.69, 9.17) is 9.84 Å². The molecule has 0 aromatic carbocycles. The highest BCUT2D eigenvalue weighted by molar-refractivity contribution is 5.69. The molecule has 1 unspecified atom stereocenters. The summed E-state index contributed by atoms with van der Waals surface area (Å²) < 4.78 is 5.98. The Balaban J connectivity index is 3.98. The number of carbonyl (C=O) groups excluding carboxylic acids is 1. The van der Waals surface area contributed by atoms with E-state index < -0.39 is 5.97 Å². The van der Waals surface area contributed by atoms with Crippen LogP contribution in [-0.4, -0.2) is 23.1 Å². The standard InChI is InChI=1S/C43H80O4/c1-3-5-7-9-11-13-15-16-17-18-19-20-21-23-25-27-32-36-40-43(46)47-41(38-34-30-28-31-35-39-42(44)45)37-33-29-26-24-22-14-12-10-8-6-4-2/h12,14,24,26,41H,3-11,13,15-23,25,27-40H2,1-2H3,(H,44,45)/b14-12-,26-24-. The Hall–Kier alpha value is -1.58. The predicted molar refractivity (Wildman–Crippen MR) is 204 cm³/mol. The first-order chi connectivity index (χ1) is 23.1. The zero-order valence-corrected chi connectivity index (χ0v) is 31.6. The fraction of sp³-hybridized carbons (Fsp3) is 0.860. The molecule has 0 aliphatic heterocycles. The van der Waals surface area contributed by atoms with Gasteiger partial charge in [0.1, 0.15) is 6.10 Å². The first-order valence-electron chi connectivity index (χ1n) is 20.8. The fourth-order valence-electron chi connectivity index (χ4n) is 6.34. The van der Waals surface area contributed by atoms with E-state index in [2.05, 4.69) is 38.2 Å². The molecule has 0 bridgehead atoms. The van der Waals surface area contributed by atoms with E-state index in [1.54, 1.807) is 0 Å². The van der Waals surface area contributed by atoms with Crippen molar-refractivity contribution in [2.75, 3.05) is 0 Å². The van der Waals surface area contributed by atoms with Crippen molar-refractivity contribution in [3.63, 3.8) is 0 Å². The summed E-state index contributed by atoms with van der Waals surface area (Å²) in [6.07, 6.45) is 49.2. The van der Waals surface area contributed by atoms with Crippen LogP contribution in [0.2, 0.25) is 0 Å². The van der Waals surface area contributed by atoms with Gasteiger partial charge < -0.3 is 9.84 Å². The number of allylic oxidation sites excluding steroid dienone is 4. The number of ether oxygens (including phenoxy) is 1. The maximum absolute atomic E-state index is 12.7. The van der Waals surface area contributed by atoms with Crippen LogP contribution < -0.4 is 0 Å². The third kappa shape index (κ3) is 38.7. The van der Waals surface area contributed by atoms with Gasteiger partial charge in [-0.25, -0.2) is 0 Å². The Morgan fingerprint density at radius 2 is 0.851 bits per heavy atom. The van der Waals surface area contributed by atoms with Crippen LogP contribution in [0.15, 0.2) is 24.3 Å². The van der Waals surface area contributed by atoms with E-state index in [1.165, 1.54) is 128 Å². The zero-order chi connectivity index (χ0) is 34.3. The first kappa shape index (κ1) is 45.4. The van der Waals surface area contributed by atoms with Crippen molar-refractivity contribution in [1.82, 2.24) is 0 Å². The summed E-state index contributed by atoms with van der Waals surface area (Å²) in [6.45, 7) is 4.53. The van der Waals surface area contributed by atoms with Crippen molar-refractivity contribution in [3.8, 4) is 0 Å². The Labute approximate surface area is 293 Å². The maximum atomic E-state index is 12.7. The molecular formula is C43H80O4. The molecule has 1 N–H and O–H groups in total. The quantitative estimate of drug-likeness (QED) is 0.0407. The SMILES string of the molecule is CCCCC/C=C\C/C=C\CCCC(CCCCCCCC(=O)O)OC(=O)CCCCCCCCCCCCCCCCCCCC. The Morgan fingerprint density at radius 3 is 1.34 bits per heavy atom. The molecule has 0 rings (SSSR count). The summed E-state index contributed by atoms with van der Waals surface area (Å²) in [5.41, 5.74) is 0. The second-order valence-electron chi connectivity index (χ2n) is 14.2. The van der Waals surface area contributed by atoms with Crippen molar-refractivity contribution in [2.24, 2.45) is 0 Å². The Morgan fingerprint density at radius 1 is 0.468 bits per heavy atom. The second-order valence-corrected chi connectivity index (χ2v) is 14.2. The molecule has 0 spiro atoms. The number of hydrogen-bond donors (Lipinski definition) is 1. The lowest BCUT2D eigenvalue weighted by atomic mass is 10.0. The second kappa shape index (κ2) is 38.9. The monoisotopic (exact) mass is 661 g/mol. The molecular weight excluding hydrogens is 580 g/mol. The molecule has 0 amide bonds. The highest BCUT2D eigenvalue weighted by Crippen LogP contribution is 2.18. The van der Waals surface area contributed by atoms with E-state index in [0.29, 0.717) is 6.42 Å². The molecule has 0 aliphatic rings. The molecule has 0 aromatic heterocycles. The van der Waals surface area contributed by atoms with Crippen molar-refractivity contribution in [1.29, 1.82) is 0 Å². The lowest BCUT2D eigenvalue weighted by molar-refractivity contribution is -0.150.